The summed E-state index contributed by atoms with van der Waals surface area (Å²) in [5.74, 6) is -7.95. The van der Waals surface area contributed by atoms with Crippen molar-refractivity contribution in [3.05, 3.63) is 75.8 Å². The van der Waals surface area contributed by atoms with Gasteiger partial charge in [0, 0.05) is 22.4 Å². The van der Waals surface area contributed by atoms with Crippen molar-refractivity contribution >= 4 is 34.8 Å². The summed E-state index contributed by atoms with van der Waals surface area (Å²) in [5, 5.41) is 64.2. The number of anilines is 2. The lowest BCUT2D eigenvalue weighted by Crippen LogP contribution is -2.73. The molecule has 2 aromatic rings. The molecule has 6 atom stereocenters. The Morgan fingerprint density at radius 3 is 2.13 bits per heavy atom. The van der Waals surface area contributed by atoms with Crippen molar-refractivity contribution in [2.24, 2.45) is 22.7 Å². The number of allylic oxidation sites excluding steroid dienone is 1. The van der Waals surface area contributed by atoms with Crippen LogP contribution in [-0.4, -0.2) is 60.6 Å². The van der Waals surface area contributed by atoms with Gasteiger partial charge < -0.3 is 36.2 Å². The highest BCUT2D eigenvalue weighted by atomic mass is 16.4. The Bertz CT molecular complexity index is 1760. The second-order valence-corrected chi connectivity index (χ2v) is 13.4. The predicted octanol–water partition coefficient (Wildman–Crippen LogP) is 5.08. The van der Waals surface area contributed by atoms with Crippen LogP contribution in [-0.2, 0) is 16.0 Å². The van der Waals surface area contributed by atoms with Crippen LogP contribution in [0.15, 0.2) is 59.1 Å². The number of amides is 2. The first-order valence-electron chi connectivity index (χ1n) is 15.3. The zero-order valence-corrected chi connectivity index (χ0v) is 26.8. The first kappa shape index (κ1) is 32.9. The molecule has 0 radical (unpaired) electrons. The Labute approximate surface area is 266 Å². The van der Waals surface area contributed by atoms with Gasteiger partial charge in [0.05, 0.1) is 22.9 Å². The van der Waals surface area contributed by atoms with Gasteiger partial charge in [0.2, 0.25) is 5.78 Å². The number of benzene rings is 2. The molecule has 2 amide bonds. The van der Waals surface area contributed by atoms with Crippen molar-refractivity contribution in [2.45, 2.75) is 72.5 Å². The van der Waals surface area contributed by atoms with Gasteiger partial charge in [-0.15, -0.1) is 0 Å². The number of fused-ring (bicyclic) bond motifs is 3. The van der Waals surface area contributed by atoms with Crippen LogP contribution in [0.1, 0.15) is 75.9 Å². The van der Waals surface area contributed by atoms with Gasteiger partial charge in [0.1, 0.15) is 17.1 Å². The number of carbonyl (C=O) groups is 4. The van der Waals surface area contributed by atoms with Gasteiger partial charge >= 0.3 is 6.03 Å². The van der Waals surface area contributed by atoms with Crippen molar-refractivity contribution in [3.63, 3.8) is 0 Å². The molecule has 0 saturated carbocycles. The van der Waals surface area contributed by atoms with Crippen LogP contribution in [0.25, 0.3) is 0 Å². The minimum absolute atomic E-state index is 0.120. The van der Waals surface area contributed by atoms with Crippen LogP contribution in [0.5, 0.6) is 5.75 Å². The van der Waals surface area contributed by atoms with E-state index < -0.39 is 92.1 Å². The smallest absolute Gasteiger partial charge is 0.323 e. The second-order valence-electron chi connectivity index (χ2n) is 13.4. The number of aryl methyl sites for hydroxylation is 1. The third-order valence-electron chi connectivity index (χ3n) is 10.7. The quantitative estimate of drug-likeness (QED) is 0.174. The number of phenolic OH excluding ortho intramolecular Hbond substituents is 1. The Morgan fingerprint density at radius 1 is 0.978 bits per heavy atom. The summed E-state index contributed by atoms with van der Waals surface area (Å²) in [6.07, 6.45) is -0.899. The fourth-order valence-electron chi connectivity index (χ4n) is 8.15. The van der Waals surface area contributed by atoms with Crippen LogP contribution in [0, 0.1) is 22.7 Å². The molecule has 5 rings (SSSR count). The van der Waals surface area contributed by atoms with E-state index in [4.69, 9.17) is 0 Å². The first-order chi connectivity index (χ1) is 21.4. The minimum atomic E-state index is -2.98. The van der Waals surface area contributed by atoms with Gasteiger partial charge in [-0.1, -0.05) is 59.7 Å². The van der Waals surface area contributed by atoms with Crippen LogP contribution in [0.2, 0.25) is 0 Å². The van der Waals surface area contributed by atoms with Crippen molar-refractivity contribution in [1.82, 2.24) is 0 Å². The molecule has 0 aliphatic heterocycles. The molecule has 7 N–H and O–H groups in total. The molecular formula is C35H40N2O9. The normalized spacial score (nSPS) is 30.5. The Hall–Kier alpha value is -4.48. The van der Waals surface area contributed by atoms with E-state index in [1.807, 2.05) is 19.1 Å². The minimum Gasteiger partial charge on any atom is -0.511 e. The second kappa shape index (κ2) is 10.8. The number of urea groups is 1. The number of aliphatic hydroxyl groups is 4. The lowest BCUT2D eigenvalue weighted by molar-refractivity contribution is -0.211. The average molecular weight is 633 g/mol. The van der Waals surface area contributed by atoms with E-state index in [0.717, 1.165) is 18.9 Å². The number of aromatic hydroxyl groups is 1. The highest BCUT2D eigenvalue weighted by molar-refractivity contribution is 6.25. The Kier molecular flexibility index (Phi) is 7.73. The number of rotatable bonds is 5. The average Bonchev–Trinajstić information content (AvgIpc) is 2.98. The third kappa shape index (κ3) is 4.10. The highest BCUT2D eigenvalue weighted by Crippen LogP contribution is 2.67. The van der Waals surface area contributed by atoms with Crippen molar-refractivity contribution in [3.8, 4) is 5.75 Å². The third-order valence-corrected chi connectivity index (χ3v) is 10.7. The van der Waals surface area contributed by atoms with Gasteiger partial charge in [0.15, 0.2) is 22.9 Å². The Balaban J connectivity index is 1.65. The van der Waals surface area contributed by atoms with Crippen molar-refractivity contribution in [1.29, 1.82) is 0 Å². The van der Waals surface area contributed by atoms with Crippen LogP contribution in [0.4, 0.5) is 16.2 Å². The molecule has 0 bridgehead atoms. The number of ketones is 3. The summed E-state index contributed by atoms with van der Waals surface area (Å²) < 4.78 is 0. The summed E-state index contributed by atoms with van der Waals surface area (Å²) in [6.45, 7) is 10.9. The number of hydrogen-bond acceptors (Lipinski definition) is 9. The van der Waals surface area contributed by atoms with Crippen LogP contribution < -0.4 is 10.6 Å². The Morgan fingerprint density at radius 2 is 1.59 bits per heavy atom. The number of hydrogen-bond donors (Lipinski definition) is 7. The highest BCUT2D eigenvalue weighted by Gasteiger charge is 2.76. The standard InChI is InChI=1S/C35H40N2O9/c1-8-18-9-11-19(12-10-18)36-32(45)37-21-14-13-20-16(4)33(6)25(28(41)23(20)26(21)39)30(43)35(46)29(42)22(17(5)38)27(40)24(15(2)3)34(35,7)31(33)44/h9-16,24,31,39-40,43-44,46H,8H2,1-7H3,(H2,36,37,45)/t16-,24?,31-,33+,34+,35+/m1/s1. The molecule has 3 aliphatic carbocycles. The fraction of sp³-hybridized carbons (Fsp3) is 0.429. The maximum absolute atomic E-state index is 14.3. The van der Waals surface area contributed by atoms with Gasteiger partial charge in [-0.2, -0.15) is 0 Å². The first-order valence-corrected chi connectivity index (χ1v) is 15.3. The zero-order chi connectivity index (χ0) is 34.3. The molecule has 244 valence electrons. The summed E-state index contributed by atoms with van der Waals surface area (Å²) in [7, 11) is 0. The molecule has 11 nitrogen and oxygen atoms in total. The summed E-state index contributed by atoms with van der Waals surface area (Å²) in [4.78, 5) is 53.6. The predicted molar refractivity (Wildman–Crippen MR) is 170 cm³/mol. The maximum Gasteiger partial charge on any atom is 0.323 e. The molecule has 46 heavy (non-hydrogen) atoms. The molecule has 1 unspecified atom stereocenters. The van der Waals surface area contributed by atoms with Crippen molar-refractivity contribution < 1.29 is 44.7 Å². The lowest BCUT2D eigenvalue weighted by atomic mass is 9.41. The molecular weight excluding hydrogens is 592 g/mol. The van der Waals surface area contributed by atoms with Crippen molar-refractivity contribution in [2.75, 3.05) is 10.6 Å². The number of aliphatic hydroxyl groups excluding tert-OH is 3. The molecule has 0 heterocycles. The summed E-state index contributed by atoms with van der Waals surface area (Å²) >= 11 is 0. The lowest BCUT2D eigenvalue weighted by Gasteiger charge is -2.63. The number of Topliss-reactive ketones (excluding diaryl/α,β-unsaturated/α-hetero) is 3. The summed E-state index contributed by atoms with van der Waals surface area (Å²) in [5.41, 5.74) is -6.37. The van der Waals surface area contributed by atoms with Crippen LogP contribution >= 0.6 is 0 Å². The summed E-state index contributed by atoms with van der Waals surface area (Å²) in [6, 6.07) is 9.41. The number of phenols is 1. The van der Waals surface area contributed by atoms with E-state index in [-0.39, 0.29) is 11.3 Å². The molecule has 2 aromatic carbocycles. The van der Waals surface area contributed by atoms with E-state index in [1.165, 1.54) is 26.0 Å². The van der Waals surface area contributed by atoms with E-state index in [9.17, 15) is 44.7 Å². The number of nitrogens with one attached hydrogen (secondary N) is 2. The fourth-order valence-corrected chi connectivity index (χ4v) is 8.15. The van der Waals surface area contributed by atoms with Gasteiger partial charge in [-0.05, 0) is 54.5 Å². The van der Waals surface area contributed by atoms with Gasteiger partial charge in [-0.3, -0.25) is 14.4 Å². The monoisotopic (exact) mass is 632 g/mol. The molecule has 11 heteroatoms. The SMILES string of the molecule is CCc1ccc(NC(=O)Nc2ccc3c(c2O)C(=O)C2=C(O)[C@@]4(O)C(=O)C(C(C)=O)=C(O)C(C(C)C)[C@@]4(C)[C@H](O)[C@@]2(C)[C@@H]3C)cc1. The number of carbonyl (C=O) groups excluding carboxylic acids is 4. The van der Waals surface area contributed by atoms with Crippen LogP contribution in [0.3, 0.4) is 0 Å². The van der Waals surface area contributed by atoms with E-state index in [1.54, 1.807) is 32.9 Å². The maximum atomic E-state index is 14.3. The van der Waals surface area contributed by atoms with E-state index >= 15 is 0 Å². The molecule has 0 saturated heterocycles. The molecule has 3 aliphatic rings. The van der Waals surface area contributed by atoms with E-state index in [0.29, 0.717) is 11.3 Å². The van der Waals surface area contributed by atoms with E-state index in [2.05, 4.69) is 10.6 Å². The molecule has 0 aromatic heterocycles. The molecule has 0 spiro atoms. The molecule has 0 fully saturated rings. The topological polar surface area (TPSA) is 193 Å². The zero-order valence-electron chi connectivity index (χ0n) is 26.8. The van der Waals surface area contributed by atoms with Gasteiger partial charge in [0.25, 0.3) is 0 Å². The van der Waals surface area contributed by atoms with Gasteiger partial charge in [-0.25, -0.2) is 4.79 Å². The largest absolute Gasteiger partial charge is 0.511 e.